The molecule has 11 nitrogen and oxygen atoms in total. The van der Waals surface area contributed by atoms with Gasteiger partial charge in [-0.2, -0.15) is 13.8 Å². The number of aliphatic hydroxyl groups is 1. The molecule has 2 N–H and O–H groups in total. The van der Waals surface area contributed by atoms with E-state index in [0.29, 0.717) is 11.0 Å². The van der Waals surface area contributed by atoms with Gasteiger partial charge in [0.1, 0.15) is 11.9 Å². The van der Waals surface area contributed by atoms with Crippen molar-refractivity contribution in [3.63, 3.8) is 0 Å². The van der Waals surface area contributed by atoms with Crippen LogP contribution in [-0.2, 0) is 25.4 Å². The molecule has 1 aliphatic rings. The first-order valence-electron chi connectivity index (χ1n) is 12.0. The van der Waals surface area contributed by atoms with Crippen LogP contribution < -0.4 is 11.0 Å². The Bertz CT molecular complexity index is 1100. The topological polar surface area (TPSA) is 142 Å². The molecule has 3 rings (SSSR count). The fraction of sp³-hybridized carbons (Fsp3) is 0.542. The summed E-state index contributed by atoms with van der Waals surface area (Å²) in [4.78, 5) is 44.1. The average molecular weight is 525 g/mol. The van der Waals surface area contributed by atoms with Gasteiger partial charge in [0, 0.05) is 25.0 Å². The summed E-state index contributed by atoms with van der Waals surface area (Å²) in [6.07, 6.45) is 0.999. The molecule has 0 unspecified atom stereocenters. The number of nitrogens with zero attached hydrogens (tertiary/aromatic N) is 3. The van der Waals surface area contributed by atoms with E-state index in [9.17, 15) is 19.5 Å². The maximum atomic E-state index is 15.2. The summed E-state index contributed by atoms with van der Waals surface area (Å²) < 4.78 is 46.2. The number of aromatic nitrogens is 3. The van der Waals surface area contributed by atoms with Gasteiger partial charge >= 0.3 is 23.7 Å². The summed E-state index contributed by atoms with van der Waals surface area (Å²) >= 11 is 0. The number of pyridine rings is 1. The van der Waals surface area contributed by atoms with Crippen molar-refractivity contribution in [2.24, 2.45) is 0 Å². The number of aryl methyl sites for hydroxylation is 1. The molecule has 2 aromatic rings. The van der Waals surface area contributed by atoms with Crippen molar-refractivity contribution in [2.45, 2.75) is 69.8 Å². The smallest absolute Gasteiger partial charge is 0.412 e. The Morgan fingerprint density at radius 2 is 2.08 bits per heavy atom. The summed E-state index contributed by atoms with van der Waals surface area (Å²) in [5, 5.41) is 11.8. The highest BCUT2D eigenvalue weighted by molar-refractivity contribution is 5.83. The summed E-state index contributed by atoms with van der Waals surface area (Å²) in [6.45, 7) is 1.37. The molecule has 13 heteroatoms. The molecule has 1 amide bonds. The third-order valence-electron chi connectivity index (χ3n) is 5.67. The van der Waals surface area contributed by atoms with Gasteiger partial charge in [0.05, 0.1) is 13.2 Å². The van der Waals surface area contributed by atoms with Gasteiger partial charge in [-0.1, -0.05) is 32.3 Å². The second kappa shape index (κ2) is 13.2. The van der Waals surface area contributed by atoms with Gasteiger partial charge in [0.25, 0.3) is 0 Å². The van der Waals surface area contributed by atoms with Crippen LogP contribution in [0.5, 0.6) is 0 Å². The zero-order valence-electron chi connectivity index (χ0n) is 20.3. The minimum absolute atomic E-state index is 0.190. The highest BCUT2D eigenvalue weighted by Gasteiger charge is 2.62. The van der Waals surface area contributed by atoms with Crippen LogP contribution in [0.4, 0.5) is 19.4 Å². The zero-order chi connectivity index (χ0) is 26.8. The van der Waals surface area contributed by atoms with Gasteiger partial charge in [-0.25, -0.2) is 9.59 Å². The van der Waals surface area contributed by atoms with Gasteiger partial charge in [0.2, 0.25) is 6.23 Å². The number of ether oxygens (including phenoxy) is 3. The van der Waals surface area contributed by atoms with E-state index in [-0.39, 0.29) is 25.3 Å². The fourth-order valence-electron chi connectivity index (χ4n) is 3.75. The zero-order valence-corrected chi connectivity index (χ0v) is 20.3. The van der Waals surface area contributed by atoms with E-state index in [1.165, 1.54) is 0 Å². The number of alkyl halides is 2. The molecule has 3 heterocycles. The Morgan fingerprint density at radius 3 is 2.76 bits per heavy atom. The molecule has 3 atom stereocenters. The largest absolute Gasteiger partial charge is 0.453 e. The van der Waals surface area contributed by atoms with E-state index in [1.54, 1.807) is 24.5 Å². The molecule has 37 heavy (non-hydrogen) atoms. The molecule has 0 saturated carbocycles. The number of esters is 1. The van der Waals surface area contributed by atoms with Gasteiger partial charge in [-0.15, -0.1) is 0 Å². The number of nitrogens with one attached hydrogen (secondary N) is 1. The molecule has 0 radical (unpaired) electrons. The van der Waals surface area contributed by atoms with Crippen LogP contribution in [-0.4, -0.2) is 63.0 Å². The molecule has 0 aliphatic carbocycles. The van der Waals surface area contributed by atoms with Crippen LogP contribution in [0.2, 0.25) is 0 Å². The van der Waals surface area contributed by atoms with Gasteiger partial charge in [-0.3, -0.25) is 19.7 Å². The van der Waals surface area contributed by atoms with E-state index in [1.807, 2.05) is 0 Å². The number of carbonyl (C=O) groups is 2. The van der Waals surface area contributed by atoms with Crippen LogP contribution in [0, 0.1) is 0 Å². The first kappa shape index (κ1) is 28.1. The number of amides is 1. The van der Waals surface area contributed by atoms with Crippen molar-refractivity contribution in [2.75, 3.05) is 18.5 Å². The third kappa shape index (κ3) is 7.52. The van der Waals surface area contributed by atoms with Gasteiger partial charge in [0.15, 0.2) is 6.10 Å². The molecule has 2 aromatic heterocycles. The highest BCUT2D eigenvalue weighted by atomic mass is 19.3. The molecular formula is C24H30F2N4O7. The molecule has 0 spiro atoms. The standard InChI is InChI=1S/C24H30F2N4O7/c1-2-3-4-5-13-35-23(34)29-18-10-12-30(22(33)28-18)21-24(25,26)20(17(15-31)36-21)37-19(32)9-8-16-7-6-11-27-14-16/h6-7,10-12,14,17,20-21,31H,2-5,8-9,13,15H2,1H3,(H,28,29,33,34)/t17-,20-,21-/m1/s1. The van der Waals surface area contributed by atoms with Gasteiger partial charge < -0.3 is 19.3 Å². The summed E-state index contributed by atoms with van der Waals surface area (Å²) in [5.41, 5.74) is -0.428. The van der Waals surface area contributed by atoms with Crippen LogP contribution in [0.25, 0.3) is 0 Å². The van der Waals surface area contributed by atoms with E-state index < -0.39 is 48.7 Å². The summed E-state index contributed by atoms with van der Waals surface area (Å²) in [5.74, 6) is -4.98. The predicted octanol–water partition coefficient (Wildman–Crippen LogP) is 2.84. The van der Waals surface area contributed by atoms with E-state index in [2.05, 4.69) is 22.2 Å². The molecule has 0 aromatic carbocycles. The molecule has 1 aliphatic heterocycles. The van der Waals surface area contributed by atoms with Crippen LogP contribution >= 0.6 is 0 Å². The van der Waals surface area contributed by atoms with E-state index >= 15 is 8.78 Å². The van der Waals surface area contributed by atoms with Crippen molar-refractivity contribution < 1.29 is 37.7 Å². The predicted molar refractivity (Wildman–Crippen MR) is 126 cm³/mol. The van der Waals surface area contributed by atoms with Crippen LogP contribution in [0.1, 0.15) is 50.8 Å². The monoisotopic (exact) mass is 524 g/mol. The number of halogens is 2. The van der Waals surface area contributed by atoms with Crippen molar-refractivity contribution in [3.8, 4) is 0 Å². The number of anilines is 1. The van der Waals surface area contributed by atoms with E-state index in [4.69, 9.17) is 14.2 Å². The summed E-state index contributed by atoms with van der Waals surface area (Å²) in [6, 6.07) is 4.53. The summed E-state index contributed by atoms with van der Waals surface area (Å²) in [7, 11) is 0. The molecule has 202 valence electrons. The number of aliphatic hydroxyl groups excluding tert-OH is 1. The molecular weight excluding hydrogens is 494 g/mol. The van der Waals surface area contributed by atoms with Crippen LogP contribution in [0.3, 0.4) is 0 Å². The maximum Gasteiger partial charge on any atom is 0.412 e. The highest BCUT2D eigenvalue weighted by Crippen LogP contribution is 2.44. The Balaban J connectivity index is 1.62. The SMILES string of the molecule is CCCCCCOC(=O)Nc1ccn([C@@H]2O[C@H](CO)[C@@H](OC(=O)CCc3cccnc3)C2(F)F)c(=O)n1. The minimum Gasteiger partial charge on any atom is -0.453 e. The Hall–Kier alpha value is -3.45. The molecule has 0 bridgehead atoms. The lowest BCUT2D eigenvalue weighted by Gasteiger charge is -2.24. The minimum atomic E-state index is -3.87. The second-order valence-electron chi connectivity index (χ2n) is 8.48. The lowest BCUT2D eigenvalue weighted by atomic mass is 10.1. The number of hydrogen-bond acceptors (Lipinski definition) is 9. The van der Waals surface area contributed by atoms with E-state index in [0.717, 1.165) is 37.1 Å². The van der Waals surface area contributed by atoms with Crippen molar-refractivity contribution in [1.29, 1.82) is 0 Å². The first-order chi connectivity index (χ1) is 17.8. The third-order valence-corrected chi connectivity index (χ3v) is 5.67. The van der Waals surface area contributed by atoms with Gasteiger partial charge in [-0.05, 0) is 30.5 Å². The van der Waals surface area contributed by atoms with Crippen LogP contribution in [0.15, 0.2) is 41.6 Å². The molecule has 1 fully saturated rings. The number of rotatable bonds is 12. The Morgan fingerprint density at radius 1 is 1.27 bits per heavy atom. The lowest BCUT2D eigenvalue weighted by molar-refractivity contribution is -0.176. The van der Waals surface area contributed by atoms with Crippen molar-refractivity contribution >= 4 is 17.9 Å². The number of carbonyl (C=O) groups excluding carboxylic acids is 2. The molecule has 1 saturated heterocycles. The lowest BCUT2D eigenvalue weighted by Crippen LogP contribution is -2.44. The van der Waals surface area contributed by atoms with Crippen molar-refractivity contribution in [1.82, 2.24) is 14.5 Å². The average Bonchev–Trinajstić information content (AvgIpc) is 3.12. The second-order valence-corrected chi connectivity index (χ2v) is 8.48. The normalized spacial score (nSPS) is 20.4. The maximum absolute atomic E-state index is 15.2. The number of unbranched alkanes of at least 4 members (excludes halogenated alkanes) is 3. The Kier molecular flexibility index (Phi) is 10.0. The fourth-order valence-corrected chi connectivity index (χ4v) is 3.75. The quantitative estimate of drug-likeness (QED) is 0.317. The van der Waals surface area contributed by atoms with Crippen molar-refractivity contribution in [3.05, 3.63) is 52.8 Å². The number of hydrogen-bond donors (Lipinski definition) is 2. The Labute approximate surface area is 211 Å². The first-order valence-corrected chi connectivity index (χ1v) is 12.0.